The van der Waals surface area contributed by atoms with Gasteiger partial charge in [-0.25, -0.2) is 4.39 Å². The first-order valence-corrected chi connectivity index (χ1v) is 7.96. The van der Waals surface area contributed by atoms with E-state index < -0.39 is 0 Å². The minimum absolute atomic E-state index is 0. The number of piperidine rings is 1. The fourth-order valence-corrected chi connectivity index (χ4v) is 3.70. The number of likely N-dealkylation sites (tertiary alicyclic amines) is 1. The summed E-state index contributed by atoms with van der Waals surface area (Å²) in [5.41, 5.74) is 6.99. The Kier molecular flexibility index (Phi) is 5.81. The molecular formula is C17H24ClFN2O. The predicted molar refractivity (Wildman–Crippen MR) is 87.3 cm³/mol. The lowest BCUT2D eigenvalue weighted by atomic mass is 9.93. The van der Waals surface area contributed by atoms with Crippen molar-refractivity contribution in [1.82, 2.24) is 4.90 Å². The van der Waals surface area contributed by atoms with E-state index in [1.54, 1.807) is 0 Å². The van der Waals surface area contributed by atoms with Gasteiger partial charge in [0.15, 0.2) is 0 Å². The fraction of sp³-hybridized carbons (Fsp3) is 0.588. The Morgan fingerprint density at radius 2 is 1.86 bits per heavy atom. The highest BCUT2D eigenvalue weighted by atomic mass is 35.5. The lowest BCUT2D eigenvalue weighted by Gasteiger charge is -2.37. The molecule has 0 bridgehead atoms. The van der Waals surface area contributed by atoms with Gasteiger partial charge in [-0.05, 0) is 56.2 Å². The molecule has 1 aliphatic heterocycles. The van der Waals surface area contributed by atoms with Crippen LogP contribution in [0.3, 0.4) is 0 Å². The molecule has 3 unspecified atom stereocenters. The van der Waals surface area contributed by atoms with E-state index in [9.17, 15) is 9.18 Å². The molecule has 122 valence electrons. The second-order valence-corrected chi connectivity index (χ2v) is 6.36. The van der Waals surface area contributed by atoms with Gasteiger partial charge in [0.1, 0.15) is 5.82 Å². The average molecular weight is 327 g/mol. The molecule has 1 amide bonds. The summed E-state index contributed by atoms with van der Waals surface area (Å²) in [6, 6.07) is 6.87. The molecule has 0 aromatic heterocycles. The molecule has 1 saturated carbocycles. The Morgan fingerprint density at radius 1 is 1.14 bits per heavy atom. The summed E-state index contributed by atoms with van der Waals surface area (Å²) in [6.07, 6.45) is 5.82. The Bertz CT molecular complexity index is 508. The van der Waals surface area contributed by atoms with E-state index in [1.165, 1.54) is 12.1 Å². The number of nitrogens with two attached hydrogens (primary N) is 1. The van der Waals surface area contributed by atoms with Crippen LogP contribution >= 0.6 is 12.4 Å². The van der Waals surface area contributed by atoms with E-state index in [-0.39, 0.29) is 42.1 Å². The Hall–Kier alpha value is -1.13. The number of carbonyl (C=O) groups excluding carboxylic acids is 1. The van der Waals surface area contributed by atoms with Crippen LogP contribution in [0.2, 0.25) is 0 Å². The van der Waals surface area contributed by atoms with E-state index in [0.717, 1.165) is 50.6 Å². The van der Waals surface area contributed by atoms with Crippen molar-refractivity contribution in [1.29, 1.82) is 0 Å². The number of amides is 1. The van der Waals surface area contributed by atoms with Gasteiger partial charge in [0.2, 0.25) is 5.91 Å². The van der Waals surface area contributed by atoms with Gasteiger partial charge in [0.05, 0.1) is 6.04 Å². The Morgan fingerprint density at radius 3 is 2.50 bits per heavy atom. The van der Waals surface area contributed by atoms with E-state index in [0.29, 0.717) is 0 Å². The minimum atomic E-state index is -0.228. The highest BCUT2D eigenvalue weighted by Crippen LogP contribution is 2.35. The molecule has 1 aromatic rings. The molecule has 1 saturated heterocycles. The van der Waals surface area contributed by atoms with Crippen LogP contribution in [-0.4, -0.2) is 23.4 Å². The number of halogens is 2. The Balaban J connectivity index is 0.00000176. The van der Waals surface area contributed by atoms with Crippen LogP contribution in [0.25, 0.3) is 0 Å². The number of hydrogen-bond donors (Lipinski definition) is 1. The normalized spacial score (nSPS) is 28.3. The largest absolute Gasteiger partial charge is 0.335 e. The summed E-state index contributed by atoms with van der Waals surface area (Å²) < 4.78 is 13.1. The van der Waals surface area contributed by atoms with Gasteiger partial charge < -0.3 is 10.6 Å². The molecule has 2 N–H and O–H groups in total. The molecule has 3 atom stereocenters. The quantitative estimate of drug-likeness (QED) is 0.905. The van der Waals surface area contributed by atoms with Gasteiger partial charge >= 0.3 is 0 Å². The van der Waals surface area contributed by atoms with Crippen LogP contribution in [0.15, 0.2) is 24.3 Å². The van der Waals surface area contributed by atoms with Gasteiger partial charge in [-0.3, -0.25) is 4.79 Å². The highest BCUT2D eigenvalue weighted by Gasteiger charge is 2.35. The zero-order chi connectivity index (χ0) is 14.8. The molecule has 1 heterocycles. The summed E-state index contributed by atoms with van der Waals surface area (Å²) in [5, 5.41) is 0. The summed E-state index contributed by atoms with van der Waals surface area (Å²) in [4.78, 5) is 14.8. The van der Waals surface area contributed by atoms with Crippen LogP contribution < -0.4 is 5.73 Å². The third kappa shape index (κ3) is 3.61. The monoisotopic (exact) mass is 326 g/mol. The molecule has 5 heteroatoms. The number of rotatable bonds is 2. The molecule has 0 spiro atoms. The predicted octanol–water partition coefficient (Wildman–Crippen LogP) is 3.43. The van der Waals surface area contributed by atoms with E-state index in [1.807, 2.05) is 17.0 Å². The topological polar surface area (TPSA) is 46.3 Å². The second-order valence-electron chi connectivity index (χ2n) is 6.36. The average Bonchev–Trinajstić information content (AvgIpc) is 2.94. The maximum Gasteiger partial charge on any atom is 0.226 e. The van der Waals surface area contributed by atoms with Gasteiger partial charge in [0.25, 0.3) is 0 Å². The molecule has 2 aliphatic rings. The lowest BCUT2D eigenvalue weighted by Crippen LogP contribution is -2.41. The third-order valence-corrected chi connectivity index (χ3v) is 4.86. The maximum absolute atomic E-state index is 13.1. The number of hydrogen-bond acceptors (Lipinski definition) is 2. The molecule has 3 rings (SSSR count). The summed E-state index contributed by atoms with van der Waals surface area (Å²) in [6.45, 7) is 0.812. The van der Waals surface area contributed by atoms with Gasteiger partial charge in [0, 0.05) is 18.5 Å². The molecule has 3 nitrogen and oxygen atoms in total. The highest BCUT2D eigenvalue weighted by molar-refractivity contribution is 5.85. The minimum Gasteiger partial charge on any atom is -0.335 e. The summed E-state index contributed by atoms with van der Waals surface area (Å²) in [7, 11) is 0. The van der Waals surface area contributed by atoms with Crippen molar-refractivity contribution in [2.45, 2.75) is 50.6 Å². The summed E-state index contributed by atoms with van der Waals surface area (Å²) in [5.74, 6) is 0.104. The van der Waals surface area contributed by atoms with Gasteiger partial charge in [-0.1, -0.05) is 12.1 Å². The van der Waals surface area contributed by atoms with Crippen LogP contribution in [0.5, 0.6) is 0 Å². The first kappa shape index (κ1) is 17.2. The van der Waals surface area contributed by atoms with Crippen molar-refractivity contribution >= 4 is 18.3 Å². The number of carbonyl (C=O) groups is 1. The van der Waals surface area contributed by atoms with Crippen molar-refractivity contribution in [2.24, 2.45) is 11.7 Å². The fourth-order valence-electron chi connectivity index (χ4n) is 3.70. The number of nitrogens with zero attached hydrogens (tertiary/aromatic N) is 1. The van der Waals surface area contributed by atoms with E-state index >= 15 is 0 Å². The summed E-state index contributed by atoms with van der Waals surface area (Å²) >= 11 is 0. The number of benzene rings is 1. The van der Waals surface area contributed by atoms with E-state index in [4.69, 9.17) is 5.73 Å². The molecule has 0 radical (unpaired) electrons. The van der Waals surface area contributed by atoms with E-state index in [2.05, 4.69) is 0 Å². The second kappa shape index (κ2) is 7.42. The lowest BCUT2D eigenvalue weighted by molar-refractivity contribution is -0.139. The third-order valence-electron chi connectivity index (χ3n) is 4.86. The van der Waals surface area contributed by atoms with Crippen molar-refractivity contribution in [3.8, 4) is 0 Å². The molecule has 2 fully saturated rings. The maximum atomic E-state index is 13.1. The van der Waals surface area contributed by atoms with Gasteiger partial charge in [-0.15, -0.1) is 12.4 Å². The smallest absolute Gasteiger partial charge is 0.226 e. The SMILES string of the molecule is Cl.NC1CCC(C(=O)N2CCCCC2c2ccc(F)cc2)C1. The van der Waals surface area contributed by atoms with Crippen LogP contribution in [0.4, 0.5) is 4.39 Å². The molecular weight excluding hydrogens is 303 g/mol. The molecule has 1 aliphatic carbocycles. The van der Waals surface area contributed by atoms with Crippen LogP contribution in [0.1, 0.15) is 50.1 Å². The van der Waals surface area contributed by atoms with Crippen molar-refractivity contribution in [3.05, 3.63) is 35.6 Å². The zero-order valence-corrected chi connectivity index (χ0v) is 13.5. The molecule has 22 heavy (non-hydrogen) atoms. The molecule has 1 aromatic carbocycles. The van der Waals surface area contributed by atoms with Crippen LogP contribution in [0, 0.1) is 11.7 Å². The Labute approximate surface area is 137 Å². The van der Waals surface area contributed by atoms with Crippen molar-refractivity contribution in [2.75, 3.05) is 6.54 Å². The first-order valence-electron chi connectivity index (χ1n) is 7.96. The van der Waals surface area contributed by atoms with Gasteiger partial charge in [-0.2, -0.15) is 0 Å². The van der Waals surface area contributed by atoms with Crippen molar-refractivity contribution in [3.63, 3.8) is 0 Å². The first-order chi connectivity index (χ1) is 10.1. The standard InChI is InChI=1S/C17H23FN2O.ClH/c18-14-7-4-12(5-8-14)16-3-1-2-10-20(16)17(21)13-6-9-15(19)11-13;/h4-5,7-8,13,15-16H,1-3,6,9-11,19H2;1H. The zero-order valence-electron chi connectivity index (χ0n) is 12.7. The van der Waals surface area contributed by atoms with Crippen LogP contribution in [-0.2, 0) is 4.79 Å². The van der Waals surface area contributed by atoms with Crippen molar-refractivity contribution < 1.29 is 9.18 Å².